The lowest BCUT2D eigenvalue weighted by atomic mass is 10.2. The van der Waals surface area contributed by atoms with Gasteiger partial charge in [-0.15, -0.1) is 0 Å². The Balaban J connectivity index is 1.89. The molecule has 1 saturated carbocycles. The third-order valence-corrected chi connectivity index (χ3v) is 1.94. The number of carboxylic acid groups (broad SMARTS) is 1. The second-order valence-electron chi connectivity index (χ2n) is 3.25. The van der Waals surface area contributed by atoms with E-state index in [1.54, 1.807) is 0 Å². The molecule has 12 heavy (non-hydrogen) atoms. The predicted molar refractivity (Wildman–Crippen MR) is 43.8 cm³/mol. The highest BCUT2D eigenvalue weighted by atomic mass is 16.5. The molecule has 1 rings (SSSR count). The van der Waals surface area contributed by atoms with E-state index in [-0.39, 0.29) is 0 Å². The highest BCUT2D eigenvalue weighted by Gasteiger charge is 2.21. The molecule has 0 bridgehead atoms. The van der Waals surface area contributed by atoms with Crippen LogP contribution in [0.2, 0.25) is 0 Å². The Bertz CT molecular complexity index is 156. The van der Waals surface area contributed by atoms with Crippen molar-refractivity contribution in [1.29, 1.82) is 0 Å². The van der Waals surface area contributed by atoms with E-state index >= 15 is 0 Å². The van der Waals surface area contributed by atoms with Gasteiger partial charge in [0.25, 0.3) is 0 Å². The van der Waals surface area contributed by atoms with Gasteiger partial charge in [-0.05, 0) is 25.2 Å². The standard InChI is InChI=1S/C8H15NO3/c9-7(8(10)11)3-4-12-5-6-1-2-6/h6-7H,1-5,9H2,(H,10,11). The number of aliphatic carboxylic acids is 1. The average molecular weight is 173 g/mol. The Hall–Kier alpha value is -0.610. The van der Waals surface area contributed by atoms with Gasteiger partial charge in [0.05, 0.1) is 0 Å². The zero-order valence-corrected chi connectivity index (χ0v) is 7.03. The molecule has 1 unspecified atom stereocenters. The molecule has 0 radical (unpaired) electrons. The fourth-order valence-electron chi connectivity index (χ4n) is 0.868. The van der Waals surface area contributed by atoms with E-state index < -0.39 is 12.0 Å². The van der Waals surface area contributed by atoms with Gasteiger partial charge in [0.15, 0.2) is 0 Å². The number of hydrogen-bond acceptors (Lipinski definition) is 3. The van der Waals surface area contributed by atoms with Crippen molar-refractivity contribution in [1.82, 2.24) is 0 Å². The van der Waals surface area contributed by atoms with Crippen molar-refractivity contribution in [3.63, 3.8) is 0 Å². The van der Waals surface area contributed by atoms with Crippen LogP contribution in [0.4, 0.5) is 0 Å². The molecule has 70 valence electrons. The maximum atomic E-state index is 10.3. The lowest BCUT2D eigenvalue weighted by Gasteiger charge is -2.06. The highest BCUT2D eigenvalue weighted by Crippen LogP contribution is 2.28. The molecule has 4 heteroatoms. The molecule has 3 N–H and O–H groups in total. The molecule has 4 nitrogen and oxygen atoms in total. The van der Waals surface area contributed by atoms with Gasteiger partial charge in [0.1, 0.15) is 6.04 Å². The Morgan fingerprint density at radius 1 is 1.67 bits per heavy atom. The third kappa shape index (κ3) is 3.69. The van der Waals surface area contributed by atoms with E-state index in [4.69, 9.17) is 15.6 Å². The van der Waals surface area contributed by atoms with Gasteiger partial charge in [-0.3, -0.25) is 4.79 Å². The largest absolute Gasteiger partial charge is 0.480 e. The average Bonchev–Trinajstić information content (AvgIpc) is 2.80. The summed E-state index contributed by atoms with van der Waals surface area (Å²) in [6, 6.07) is -0.774. The van der Waals surface area contributed by atoms with E-state index in [1.807, 2.05) is 0 Å². The lowest BCUT2D eigenvalue weighted by molar-refractivity contribution is -0.139. The van der Waals surface area contributed by atoms with Crippen LogP contribution in [-0.4, -0.2) is 30.3 Å². The summed E-state index contributed by atoms with van der Waals surface area (Å²) < 4.78 is 5.24. The molecule has 1 aliphatic rings. The molecule has 0 aromatic heterocycles. The van der Waals surface area contributed by atoms with E-state index in [1.165, 1.54) is 12.8 Å². The number of carbonyl (C=O) groups is 1. The SMILES string of the molecule is NC(CCOCC1CC1)C(=O)O. The molecular formula is C8H15NO3. The fourth-order valence-corrected chi connectivity index (χ4v) is 0.868. The summed E-state index contributed by atoms with van der Waals surface area (Å²) in [5.41, 5.74) is 5.27. The number of nitrogens with two attached hydrogens (primary N) is 1. The lowest BCUT2D eigenvalue weighted by Crippen LogP contribution is -2.31. The minimum absolute atomic E-state index is 0.405. The van der Waals surface area contributed by atoms with Gasteiger partial charge in [-0.2, -0.15) is 0 Å². The van der Waals surface area contributed by atoms with Crippen molar-refractivity contribution in [3.05, 3.63) is 0 Å². The van der Waals surface area contributed by atoms with E-state index in [0.717, 1.165) is 12.5 Å². The van der Waals surface area contributed by atoms with Crippen molar-refractivity contribution in [2.75, 3.05) is 13.2 Å². The van der Waals surface area contributed by atoms with Crippen LogP contribution in [0, 0.1) is 5.92 Å². The monoisotopic (exact) mass is 173 g/mol. The molecule has 1 atom stereocenters. The Morgan fingerprint density at radius 3 is 2.83 bits per heavy atom. The van der Waals surface area contributed by atoms with Crippen molar-refractivity contribution in [3.8, 4) is 0 Å². The Morgan fingerprint density at radius 2 is 2.33 bits per heavy atom. The molecule has 0 heterocycles. The quantitative estimate of drug-likeness (QED) is 0.563. The summed E-state index contributed by atoms with van der Waals surface area (Å²) in [5.74, 6) is -0.226. The normalized spacial score (nSPS) is 19.1. The summed E-state index contributed by atoms with van der Waals surface area (Å²) in [6.07, 6.45) is 2.91. The number of carboxylic acids is 1. The van der Waals surface area contributed by atoms with Crippen LogP contribution >= 0.6 is 0 Å². The molecular weight excluding hydrogens is 158 g/mol. The summed E-state index contributed by atoms with van der Waals surface area (Å²) >= 11 is 0. The van der Waals surface area contributed by atoms with Gasteiger partial charge >= 0.3 is 5.97 Å². The van der Waals surface area contributed by atoms with Crippen LogP contribution in [0.3, 0.4) is 0 Å². The molecule has 0 amide bonds. The van der Waals surface area contributed by atoms with Crippen molar-refractivity contribution in [2.45, 2.75) is 25.3 Å². The Labute approximate surface area is 71.7 Å². The topological polar surface area (TPSA) is 72.5 Å². The smallest absolute Gasteiger partial charge is 0.320 e. The first-order valence-corrected chi connectivity index (χ1v) is 4.26. The van der Waals surface area contributed by atoms with Gasteiger partial charge < -0.3 is 15.6 Å². The summed E-state index contributed by atoms with van der Waals surface area (Å²) in [6.45, 7) is 1.23. The zero-order chi connectivity index (χ0) is 8.97. The molecule has 1 aliphatic carbocycles. The third-order valence-electron chi connectivity index (χ3n) is 1.94. The zero-order valence-electron chi connectivity index (χ0n) is 7.03. The maximum Gasteiger partial charge on any atom is 0.320 e. The second-order valence-corrected chi connectivity index (χ2v) is 3.25. The first-order valence-electron chi connectivity index (χ1n) is 4.26. The minimum atomic E-state index is -0.954. The predicted octanol–water partition coefficient (Wildman–Crippen LogP) is 0.215. The highest BCUT2D eigenvalue weighted by molar-refractivity contribution is 5.72. The summed E-state index contributed by atoms with van der Waals surface area (Å²) in [4.78, 5) is 10.3. The van der Waals surface area contributed by atoms with Crippen LogP contribution in [0.1, 0.15) is 19.3 Å². The second kappa shape index (κ2) is 4.42. The molecule has 0 aromatic rings. The molecule has 0 aromatic carbocycles. The van der Waals surface area contributed by atoms with Gasteiger partial charge in [-0.25, -0.2) is 0 Å². The van der Waals surface area contributed by atoms with E-state index in [0.29, 0.717) is 13.0 Å². The van der Waals surface area contributed by atoms with Crippen LogP contribution in [0.5, 0.6) is 0 Å². The Kier molecular flexibility index (Phi) is 3.49. The number of ether oxygens (including phenoxy) is 1. The molecule has 0 aliphatic heterocycles. The first kappa shape index (κ1) is 9.48. The van der Waals surface area contributed by atoms with Gasteiger partial charge in [-0.1, -0.05) is 0 Å². The summed E-state index contributed by atoms with van der Waals surface area (Å²) in [7, 11) is 0. The number of hydrogen-bond donors (Lipinski definition) is 2. The van der Waals surface area contributed by atoms with Gasteiger partial charge in [0, 0.05) is 13.2 Å². The molecule has 0 spiro atoms. The molecule has 1 fully saturated rings. The molecule has 0 saturated heterocycles. The van der Waals surface area contributed by atoms with E-state index in [9.17, 15) is 4.79 Å². The van der Waals surface area contributed by atoms with Crippen LogP contribution < -0.4 is 5.73 Å². The van der Waals surface area contributed by atoms with Crippen LogP contribution in [-0.2, 0) is 9.53 Å². The fraction of sp³-hybridized carbons (Fsp3) is 0.875. The first-order chi connectivity index (χ1) is 5.70. The summed E-state index contributed by atoms with van der Waals surface area (Å²) in [5, 5.41) is 8.42. The number of rotatable bonds is 6. The van der Waals surface area contributed by atoms with Crippen molar-refractivity contribution in [2.24, 2.45) is 11.7 Å². The van der Waals surface area contributed by atoms with Crippen LogP contribution in [0.15, 0.2) is 0 Å². The van der Waals surface area contributed by atoms with Crippen molar-refractivity contribution < 1.29 is 14.6 Å². The van der Waals surface area contributed by atoms with Crippen LogP contribution in [0.25, 0.3) is 0 Å². The van der Waals surface area contributed by atoms with Crippen molar-refractivity contribution >= 4 is 5.97 Å². The van der Waals surface area contributed by atoms with E-state index in [2.05, 4.69) is 0 Å². The van der Waals surface area contributed by atoms with Gasteiger partial charge in [0.2, 0.25) is 0 Å². The minimum Gasteiger partial charge on any atom is -0.480 e. The maximum absolute atomic E-state index is 10.3.